The van der Waals surface area contributed by atoms with E-state index in [-0.39, 0.29) is 5.91 Å². The minimum Gasteiger partial charge on any atom is -0.384 e. The van der Waals surface area contributed by atoms with Crippen LogP contribution in [0.25, 0.3) is 0 Å². The number of hydrogen-bond acceptors (Lipinski definition) is 4. The molecule has 0 aliphatic carbocycles. The van der Waals surface area contributed by atoms with Crippen molar-refractivity contribution in [1.29, 1.82) is 0 Å². The Balaban J connectivity index is 2.23. The molecule has 0 radical (unpaired) electrons. The standard InChI is InChI=1S/C15H18N4O/c1-3-4-12-7-11(8-14(16)18-12)15(20)19-13-5-6-17-9-10(13)2/h5-9H,3-4H2,1-2H3,(H2,16,18)(H,17,19,20). The van der Waals surface area contributed by atoms with Gasteiger partial charge in [0, 0.05) is 29.3 Å². The Labute approximate surface area is 118 Å². The summed E-state index contributed by atoms with van der Waals surface area (Å²) in [5.41, 5.74) is 8.77. The van der Waals surface area contributed by atoms with Gasteiger partial charge in [-0.2, -0.15) is 0 Å². The predicted octanol–water partition coefficient (Wildman–Crippen LogP) is 2.57. The molecular formula is C15H18N4O. The number of carbonyl (C=O) groups is 1. The summed E-state index contributed by atoms with van der Waals surface area (Å²) in [6.07, 6.45) is 5.12. The van der Waals surface area contributed by atoms with E-state index in [0.29, 0.717) is 11.4 Å². The lowest BCUT2D eigenvalue weighted by atomic mass is 10.1. The first-order valence-corrected chi connectivity index (χ1v) is 6.58. The summed E-state index contributed by atoms with van der Waals surface area (Å²) in [4.78, 5) is 20.5. The van der Waals surface area contributed by atoms with Crippen LogP contribution in [0.2, 0.25) is 0 Å². The van der Waals surface area contributed by atoms with Gasteiger partial charge in [-0.15, -0.1) is 0 Å². The van der Waals surface area contributed by atoms with Crippen LogP contribution in [0.15, 0.2) is 30.6 Å². The quantitative estimate of drug-likeness (QED) is 0.894. The third kappa shape index (κ3) is 3.32. The Bertz CT molecular complexity index is 625. The number of rotatable bonds is 4. The first kappa shape index (κ1) is 14.0. The molecule has 0 aliphatic heterocycles. The number of aryl methyl sites for hydroxylation is 2. The molecule has 104 valence electrons. The largest absolute Gasteiger partial charge is 0.384 e. The first-order chi connectivity index (χ1) is 9.60. The topological polar surface area (TPSA) is 80.9 Å². The minimum atomic E-state index is -0.189. The highest BCUT2D eigenvalue weighted by Gasteiger charge is 2.10. The van der Waals surface area contributed by atoms with Gasteiger partial charge in [0.1, 0.15) is 5.82 Å². The van der Waals surface area contributed by atoms with Crippen molar-refractivity contribution in [1.82, 2.24) is 9.97 Å². The number of amides is 1. The molecule has 0 unspecified atom stereocenters. The van der Waals surface area contributed by atoms with Crippen molar-refractivity contribution in [3.63, 3.8) is 0 Å². The average Bonchev–Trinajstić information content (AvgIpc) is 2.41. The molecule has 0 saturated heterocycles. The lowest BCUT2D eigenvalue weighted by molar-refractivity contribution is 0.102. The molecule has 20 heavy (non-hydrogen) atoms. The molecule has 0 aliphatic rings. The summed E-state index contributed by atoms with van der Waals surface area (Å²) in [7, 11) is 0. The number of nitrogens with two attached hydrogens (primary N) is 1. The fraction of sp³-hybridized carbons (Fsp3) is 0.267. The SMILES string of the molecule is CCCc1cc(C(=O)Nc2ccncc2C)cc(N)n1. The maximum absolute atomic E-state index is 12.3. The second kappa shape index (κ2) is 6.14. The zero-order chi connectivity index (χ0) is 14.5. The molecule has 0 spiro atoms. The van der Waals surface area contributed by atoms with Crippen LogP contribution in [0.1, 0.15) is 35.0 Å². The highest BCUT2D eigenvalue weighted by molar-refractivity contribution is 6.05. The Kier molecular flexibility index (Phi) is 4.30. The zero-order valence-electron chi connectivity index (χ0n) is 11.7. The maximum Gasteiger partial charge on any atom is 0.255 e. The molecule has 0 aromatic carbocycles. The molecule has 5 nitrogen and oxygen atoms in total. The molecule has 0 bridgehead atoms. The third-order valence-electron chi connectivity index (χ3n) is 2.94. The van der Waals surface area contributed by atoms with E-state index in [2.05, 4.69) is 22.2 Å². The molecule has 2 aromatic heterocycles. The van der Waals surface area contributed by atoms with Crippen molar-refractivity contribution in [2.24, 2.45) is 0 Å². The molecule has 2 aromatic rings. The molecule has 0 atom stereocenters. The van der Waals surface area contributed by atoms with Gasteiger partial charge in [0.15, 0.2) is 0 Å². The number of carbonyl (C=O) groups excluding carboxylic acids is 1. The minimum absolute atomic E-state index is 0.189. The number of nitrogens with zero attached hydrogens (tertiary/aromatic N) is 2. The van der Waals surface area contributed by atoms with Crippen LogP contribution in [-0.4, -0.2) is 15.9 Å². The average molecular weight is 270 g/mol. The molecule has 2 rings (SSSR count). The van der Waals surface area contributed by atoms with Crippen LogP contribution in [0.5, 0.6) is 0 Å². The Morgan fingerprint density at radius 3 is 2.90 bits per heavy atom. The fourth-order valence-electron chi connectivity index (χ4n) is 1.93. The van der Waals surface area contributed by atoms with E-state index in [1.165, 1.54) is 0 Å². The number of anilines is 2. The van der Waals surface area contributed by atoms with E-state index in [9.17, 15) is 4.79 Å². The molecular weight excluding hydrogens is 252 g/mol. The number of aromatic nitrogens is 2. The van der Waals surface area contributed by atoms with Gasteiger partial charge in [-0.1, -0.05) is 13.3 Å². The van der Waals surface area contributed by atoms with E-state index in [4.69, 9.17) is 5.73 Å². The lowest BCUT2D eigenvalue weighted by Gasteiger charge is -2.09. The monoisotopic (exact) mass is 270 g/mol. The van der Waals surface area contributed by atoms with Crippen LogP contribution in [0.3, 0.4) is 0 Å². The van der Waals surface area contributed by atoms with Gasteiger partial charge in [-0.05, 0) is 37.1 Å². The predicted molar refractivity (Wildman–Crippen MR) is 79.6 cm³/mol. The van der Waals surface area contributed by atoms with Gasteiger partial charge in [0.05, 0.1) is 0 Å². The van der Waals surface area contributed by atoms with Crippen molar-refractivity contribution < 1.29 is 4.79 Å². The molecule has 5 heteroatoms. The molecule has 3 N–H and O–H groups in total. The lowest BCUT2D eigenvalue weighted by Crippen LogP contribution is -2.14. The van der Waals surface area contributed by atoms with Gasteiger partial charge >= 0.3 is 0 Å². The van der Waals surface area contributed by atoms with Crippen LogP contribution < -0.4 is 11.1 Å². The van der Waals surface area contributed by atoms with Crippen molar-refractivity contribution in [3.05, 3.63) is 47.4 Å². The second-order valence-electron chi connectivity index (χ2n) is 4.67. The molecule has 0 fully saturated rings. The molecule has 0 saturated carbocycles. The van der Waals surface area contributed by atoms with E-state index < -0.39 is 0 Å². The van der Waals surface area contributed by atoms with Crippen LogP contribution in [0, 0.1) is 6.92 Å². The van der Waals surface area contributed by atoms with Gasteiger partial charge < -0.3 is 11.1 Å². The van der Waals surface area contributed by atoms with E-state index >= 15 is 0 Å². The summed E-state index contributed by atoms with van der Waals surface area (Å²) in [6.45, 7) is 3.96. The van der Waals surface area contributed by atoms with Crippen LogP contribution >= 0.6 is 0 Å². The normalized spacial score (nSPS) is 10.3. The van der Waals surface area contributed by atoms with Gasteiger partial charge in [0.25, 0.3) is 5.91 Å². The summed E-state index contributed by atoms with van der Waals surface area (Å²) < 4.78 is 0. The van der Waals surface area contributed by atoms with E-state index in [1.54, 1.807) is 30.6 Å². The van der Waals surface area contributed by atoms with Gasteiger partial charge in [-0.25, -0.2) is 4.98 Å². The molecule has 2 heterocycles. The molecule has 1 amide bonds. The van der Waals surface area contributed by atoms with Crippen molar-refractivity contribution in [3.8, 4) is 0 Å². The Morgan fingerprint density at radius 2 is 2.20 bits per heavy atom. The number of pyridine rings is 2. The van der Waals surface area contributed by atoms with Crippen molar-refractivity contribution in [2.75, 3.05) is 11.1 Å². The van der Waals surface area contributed by atoms with Crippen molar-refractivity contribution in [2.45, 2.75) is 26.7 Å². The van der Waals surface area contributed by atoms with E-state index in [1.807, 2.05) is 6.92 Å². The number of nitrogen functional groups attached to an aromatic ring is 1. The third-order valence-corrected chi connectivity index (χ3v) is 2.94. The van der Waals surface area contributed by atoms with Gasteiger partial charge in [-0.3, -0.25) is 9.78 Å². The fourth-order valence-corrected chi connectivity index (χ4v) is 1.93. The first-order valence-electron chi connectivity index (χ1n) is 6.58. The zero-order valence-corrected chi connectivity index (χ0v) is 11.7. The van der Waals surface area contributed by atoms with Crippen molar-refractivity contribution >= 4 is 17.4 Å². The smallest absolute Gasteiger partial charge is 0.255 e. The summed E-state index contributed by atoms with van der Waals surface area (Å²) in [5.74, 6) is 0.179. The highest BCUT2D eigenvalue weighted by atomic mass is 16.1. The maximum atomic E-state index is 12.3. The number of hydrogen-bond donors (Lipinski definition) is 2. The van der Waals surface area contributed by atoms with E-state index in [0.717, 1.165) is 29.8 Å². The summed E-state index contributed by atoms with van der Waals surface area (Å²) >= 11 is 0. The Morgan fingerprint density at radius 1 is 1.40 bits per heavy atom. The van der Waals surface area contributed by atoms with Gasteiger partial charge in [0.2, 0.25) is 0 Å². The highest BCUT2D eigenvalue weighted by Crippen LogP contribution is 2.15. The van der Waals surface area contributed by atoms with Crippen LogP contribution in [0.4, 0.5) is 11.5 Å². The number of nitrogens with one attached hydrogen (secondary N) is 1. The Hall–Kier alpha value is -2.43. The van der Waals surface area contributed by atoms with Crippen LogP contribution in [-0.2, 0) is 6.42 Å². The summed E-state index contributed by atoms with van der Waals surface area (Å²) in [6, 6.07) is 5.14. The summed E-state index contributed by atoms with van der Waals surface area (Å²) in [5, 5.41) is 2.86. The second-order valence-corrected chi connectivity index (χ2v) is 4.67.